The number of amides is 1. The molecule has 0 aromatic heterocycles. The maximum Gasteiger partial charge on any atom is 0.254 e. The molecule has 1 amide bonds. The summed E-state index contributed by atoms with van der Waals surface area (Å²) in [4.78, 5) is 12.1. The van der Waals surface area contributed by atoms with Crippen molar-refractivity contribution in [3.05, 3.63) is 29.8 Å². The fraction of sp³-hybridized carbons (Fsp3) is 0.588. The Labute approximate surface area is 137 Å². The number of carbonyl (C=O) groups is 1. The second-order valence-electron chi connectivity index (χ2n) is 5.73. The summed E-state index contributed by atoms with van der Waals surface area (Å²) in [6.45, 7) is 7.52. The average molecular weight is 322 g/mol. The van der Waals surface area contributed by atoms with Gasteiger partial charge < -0.3 is 24.8 Å². The summed E-state index contributed by atoms with van der Waals surface area (Å²) >= 11 is 0. The predicted molar refractivity (Wildman–Crippen MR) is 88.4 cm³/mol. The second-order valence-corrected chi connectivity index (χ2v) is 5.73. The van der Waals surface area contributed by atoms with Gasteiger partial charge in [-0.2, -0.15) is 0 Å². The lowest BCUT2D eigenvalue weighted by Crippen LogP contribution is -2.45. The lowest BCUT2D eigenvalue weighted by atomic mass is 10.2. The molecule has 1 aliphatic rings. The lowest BCUT2D eigenvalue weighted by molar-refractivity contribution is -0.128. The monoisotopic (exact) mass is 322 g/mol. The number of nitrogens with one attached hydrogen (secondary N) is 2. The Kier molecular flexibility index (Phi) is 7.48. The van der Waals surface area contributed by atoms with Crippen LogP contribution in [0.5, 0.6) is 0 Å². The quantitative estimate of drug-likeness (QED) is 0.711. The Morgan fingerprint density at radius 2 is 2.30 bits per heavy atom. The van der Waals surface area contributed by atoms with Gasteiger partial charge >= 0.3 is 0 Å². The largest absolute Gasteiger partial charge is 0.376 e. The Morgan fingerprint density at radius 3 is 3.04 bits per heavy atom. The summed E-state index contributed by atoms with van der Waals surface area (Å²) < 4.78 is 16.4. The molecule has 0 spiro atoms. The number of morpholine rings is 1. The smallest absolute Gasteiger partial charge is 0.254 e. The van der Waals surface area contributed by atoms with Crippen molar-refractivity contribution in [3.8, 4) is 0 Å². The van der Waals surface area contributed by atoms with Gasteiger partial charge in [0.1, 0.15) is 6.10 Å². The van der Waals surface area contributed by atoms with E-state index in [9.17, 15) is 4.79 Å². The Morgan fingerprint density at radius 1 is 1.43 bits per heavy atom. The molecule has 1 aliphatic heterocycles. The van der Waals surface area contributed by atoms with E-state index in [0.717, 1.165) is 17.8 Å². The molecule has 2 N–H and O–H groups in total. The highest BCUT2D eigenvalue weighted by atomic mass is 16.5. The second kappa shape index (κ2) is 9.62. The fourth-order valence-electron chi connectivity index (χ4n) is 2.23. The molecule has 1 heterocycles. The van der Waals surface area contributed by atoms with Crippen molar-refractivity contribution >= 4 is 11.6 Å². The van der Waals surface area contributed by atoms with Gasteiger partial charge in [0.25, 0.3) is 5.91 Å². The molecule has 0 saturated carbocycles. The van der Waals surface area contributed by atoms with Gasteiger partial charge in [-0.05, 0) is 31.5 Å². The van der Waals surface area contributed by atoms with Gasteiger partial charge in [0.15, 0.2) is 0 Å². The van der Waals surface area contributed by atoms with Crippen molar-refractivity contribution in [1.82, 2.24) is 5.32 Å². The predicted octanol–water partition coefficient (Wildman–Crippen LogP) is 1.56. The van der Waals surface area contributed by atoms with Gasteiger partial charge in [-0.25, -0.2) is 0 Å². The molecular formula is C17H26N2O4. The SMILES string of the molecule is CC(C)OCCOCc1cccc(NC(=O)C2CNCCO2)c1. The van der Waals surface area contributed by atoms with Crippen molar-refractivity contribution in [3.63, 3.8) is 0 Å². The molecule has 6 heteroatoms. The van der Waals surface area contributed by atoms with Crippen LogP contribution in [-0.2, 0) is 25.6 Å². The van der Waals surface area contributed by atoms with E-state index in [2.05, 4.69) is 10.6 Å². The topological polar surface area (TPSA) is 68.8 Å². The van der Waals surface area contributed by atoms with Crippen LogP contribution in [0.4, 0.5) is 5.69 Å². The first-order valence-electron chi connectivity index (χ1n) is 8.06. The fourth-order valence-corrected chi connectivity index (χ4v) is 2.23. The molecule has 1 fully saturated rings. The summed E-state index contributed by atoms with van der Waals surface area (Å²) in [5.74, 6) is -0.124. The number of ether oxygens (including phenoxy) is 3. The van der Waals surface area contributed by atoms with Crippen LogP contribution in [0.1, 0.15) is 19.4 Å². The average Bonchev–Trinajstić information content (AvgIpc) is 2.55. The summed E-state index contributed by atoms with van der Waals surface area (Å²) in [5, 5.41) is 6.03. The Hall–Kier alpha value is -1.47. The molecule has 1 unspecified atom stereocenters. The van der Waals surface area contributed by atoms with Crippen LogP contribution in [0.15, 0.2) is 24.3 Å². The normalized spacial score (nSPS) is 18.1. The van der Waals surface area contributed by atoms with Crippen molar-refractivity contribution in [2.24, 2.45) is 0 Å². The third-order valence-electron chi connectivity index (χ3n) is 3.36. The van der Waals surface area contributed by atoms with Crippen molar-refractivity contribution in [2.75, 3.05) is 38.2 Å². The highest BCUT2D eigenvalue weighted by Crippen LogP contribution is 2.13. The number of anilines is 1. The molecule has 2 rings (SSSR count). The van der Waals surface area contributed by atoms with Crippen LogP contribution in [-0.4, -0.2) is 51.0 Å². The van der Waals surface area contributed by atoms with E-state index in [1.807, 2.05) is 38.1 Å². The summed E-state index contributed by atoms with van der Waals surface area (Å²) in [6, 6.07) is 7.65. The number of rotatable bonds is 8. The first-order chi connectivity index (χ1) is 11.1. The highest BCUT2D eigenvalue weighted by Gasteiger charge is 2.21. The minimum absolute atomic E-state index is 0.124. The molecular weight excluding hydrogens is 296 g/mol. The maximum absolute atomic E-state index is 12.1. The summed E-state index contributed by atoms with van der Waals surface area (Å²) in [7, 11) is 0. The zero-order valence-corrected chi connectivity index (χ0v) is 13.8. The van der Waals surface area contributed by atoms with E-state index in [1.54, 1.807) is 0 Å². The van der Waals surface area contributed by atoms with E-state index in [-0.39, 0.29) is 12.0 Å². The van der Waals surface area contributed by atoms with E-state index < -0.39 is 6.10 Å². The Bertz CT molecular complexity index is 487. The molecule has 0 aliphatic carbocycles. The minimum Gasteiger partial charge on any atom is -0.376 e. The molecule has 1 atom stereocenters. The zero-order valence-electron chi connectivity index (χ0n) is 13.8. The van der Waals surface area contributed by atoms with E-state index in [4.69, 9.17) is 14.2 Å². The molecule has 1 aromatic carbocycles. The molecule has 6 nitrogen and oxygen atoms in total. The zero-order chi connectivity index (χ0) is 16.5. The molecule has 128 valence electrons. The van der Waals surface area contributed by atoms with E-state index in [0.29, 0.717) is 33.0 Å². The van der Waals surface area contributed by atoms with Gasteiger partial charge in [0, 0.05) is 18.8 Å². The van der Waals surface area contributed by atoms with Gasteiger partial charge in [-0.3, -0.25) is 4.79 Å². The highest BCUT2D eigenvalue weighted by molar-refractivity contribution is 5.94. The number of hydrogen-bond acceptors (Lipinski definition) is 5. The van der Waals surface area contributed by atoms with Crippen molar-refractivity contribution < 1.29 is 19.0 Å². The molecule has 0 bridgehead atoms. The van der Waals surface area contributed by atoms with Crippen LogP contribution in [0, 0.1) is 0 Å². The molecule has 23 heavy (non-hydrogen) atoms. The van der Waals surface area contributed by atoms with E-state index in [1.165, 1.54) is 0 Å². The third-order valence-corrected chi connectivity index (χ3v) is 3.36. The first kappa shape index (κ1) is 17.9. The van der Waals surface area contributed by atoms with Crippen LogP contribution < -0.4 is 10.6 Å². The van der Waals surface area contributed by atoms with Gasteiger partial charge in [0.05, 0.1) is 32.5 Å². The Balaban J connectivity index is 1.76. The van der Waals surface area contributed by atoms with Crippen LogP contribution in [0.2, 0.25) is 0 Å². The van der Waals surface area contributed by atoms with Crippen molar-refractivity contribution in [2.45, 2.75) is 32.7 Å². The summed E-state index contributed by atoms with van der Waals surface area (Å²) in [6.07, 6.45) is -0.217. The number of hydrogen-bond donors (Lipinski definition) is 2. The molecule has 1 aromatic rings. The first-order valence-corrected chi connectivity index (χ1v) is 8.06. The van der Waals surface area contributed by atoms with Gasteiger partial charge in [-0.15, -0.1) is 0 Å². The van der Waals surface area contributed by atoms with Crippen molar-refractivity contribution in [1.29, 1.82) is 0 Å². The standard InChI is InChI=1S/C17H26N2O4/c1-13(2)22-9-8-21-12-14-4-3-5-15(10-14)19-17(20)16-11-18-6-7-23-16/h3-5,10,13,16,18H,6-9,11-12H2,1-2H3,(H,19,20). The molecule has 0 radical (unpaired) electrons. The number of benzene rings is 1. The third kappa shape index (κ3) is 6.66. The van der Waals surface area contributed by atoms with Crippen LogP contribution >= 0.6 is 0 Å². The van der Waals surface area contributed by atoms with Gasteiger partial charge in [0.2, 0.25) is 0 Å². The minimum atomic E-state index is -0.433. The molecule has 1 saturated heterocycles. The number of carbonyl (C=O) groups excluding carboxylic acids is 1. The van der Waals surface area contributed by atoms with Crippen LogP contribution in [0.25, 0.3) is 0 Å². The van der Waals surface area contributed by atoms with Crippen LogP contribution in [0.3, 0.4) is 0 Å². The lowest BCUT2D eigenvalue weighted by Gasteiger charge is -2.22. The maximum atomic E-state index is 12.1. The summed E-state index contributed by atoms with van der Waals surface area (Å²) in [5.41, 5.74) is 1.76. The van der Waals surface area contributed by atoms with Gasteiger partial charge in [-0.1, -0.05) is 12.1 Å². The van der Waals surface area contributed by atoms with E-state index >= 15 is 0 Å².